The largest absolute Gasteiger partial charge is 0.384 e. The van der Waals surface area contributed by atoms with Gasteiger partial charge in [-0.1, -0.05) is 51.1 Å². The fourth-order valence-electron chi connectivity index (χ4n) is 4.74. The standard InChI is InChI=1S/C22H38N2O/c1-7-14-24(15-8-2)19(4)21(5)17-23(6)18(3)16-22(21,25)20-12-10-9-11-13-20/h9-13,18-19,25H,7-8,14-17H2,1-6H3. The molecule has 1 heterocycles. The van der Waals surface area contributed by atoms with E-state index < -0.39 is 5.60 Å². The van der Waals surface area contributed by atoms with Crippen molar-refractivity contribution in [1.29, 1.82) is 0 Å². The minimum atomic E-state index is -0.806. The van der Waals surface area contributed by atoms with E-state index in [0.29, 0.717) is 12.1 Å². The van der Waals surface area contributed by atoms with E-state index in [9.17, 15) is 5.11 Å². The molecule has 25 heavy (non-hydrogen) atoms. The predicted molar refractivity (Wildman–Crippen MR) is 107 cm³/mol. The molecule has 3 heteroatoms. The van der Waals surface area contributed by atoms with Gasteiger partial charge in [-0.25, -0.2) is 0 Å². The third-order valence-corrected chi connectivity index (χ3v) is 6.61. The molecule has 1 aromatic rings. The van der Waals surface area contributed by atoms with Crippen LogP contribution in [0, 0.1) is 5.41 Å². The van der Waals surface area contributed by atoms with Crippen molar-refractivity contribution in [3.63, 3.8) is 0 Å². The first-order valence-corrected chi connectivity index (χ1v) is 10.0. The highest BCUT2D eigenvalue weighted by Gasteiger charge is 2.56. The summed E-state index contributed by atoms with van der Waals surface area (Å²) >= 11 is 0. The molecule has 1 aromatic carbocycles. The Morgan fingerprint density at radius 3 is 2.28 bits per heavy atom. The number of hydrogen-bond donors (Lipinski definition) is 1. The Morgan fingerprint density at radius 2 is 1.76 bits per heavy atom. The summed E-state index contributed by atoms with van der Waals surface area (Å²) in [6.07, 6.45) is 3.08. The van der Waals surface area contributed by atoms with Crippen LogP contribution in [0.3, 0.4) is 0 Å². The summed E-state index contributed by atoms with van der Waals surface area (Å²) in [6, 6.07) is 11.0. The average Bonchev–Trinajstić information content (AvgIpc) is 2.60. The summed E-state index contributed by atoms with van der Waals surface area (Å²) in [7, 11) is 2.20. The number of piperidine rings is 1. The maximum Gasteiger partial charge on any atom is 0.0991 e. The van der Waals surface area contributed by atoms with E-state index in [4.69, 9.17) is 0 Å². The third kappa shape index (κ3) is 3.79. The van der Waals surface area contributed by atoms with Crippen LogP contribution in [0.4, 0.5) is 0 Å². The Kier molecular flexibility index (Phi) is 6.69. The van der Waals surface area contributed by atoms with Crippen LogP contribution >= 0.6 is 0 Å². The number of nitrogens with zero attached hydrogens (tertiary/aromatic N) is 2. The van der Waals surface area contributed by atoms with Gasteiger partial charge in [0.05, 0.1) is 5.60 Å². The van der Waals surface area contributed by atoms with E-state index in [0.717, 1.165) is 44.5 Å². The average molecular weight is 347 g/mol. The molecule has 1 aliphatic rings. The van der Waals surface area contributed by atoms with E-state index in [1.165, 1.54) is 0 Å². The van der Waals surface area contributed by atoms with E-state index in [1.54, 1.807) is 0 Å². The van der Waals surface area contributed by atoms with Gasteiger partial charge in [0.25, 0.3) is 0 Å². The van der Waals surface area contributed by atoms with Gasteiger partial charge in [-0.05, 0) is 58.8 Å². The fourth-order valence-corrected chi connectivity index (χ4v) is 4.74. The van der Waals surface area contributed by atoms with Crippen molar-refractivity contribution < 1.29 is 5.11 Å². The van der Waals surface area contributed by atoms with Gasteiger partial charge in [0.15, 0.2) is 0 Å². The Balaban J connectivity index is 2.47. The van der Waals surface area contributed by atoms with Gasteiger partial charge in [-0.15, -0.1) is 0 Å². The van der Waals surface area contributed by atoms with Crippen LogP contribution in [0.5, 0.6) is 0 Å². The Bertz CT molecular complexity index is 528. The number of benzene rings is 1. The molecule has 3 nitrogen and oxygen atoms in total. The lowest BCUT2D eigenvalue weighted by Gasteiger charge is -2.58. The van der Waals surface area contributed by atoms with E-state index in [-0.39, 0.29) is 5.41 Å². The molecule has 0 spiro atoms. The molecule has 0 radical (unpaired) electrons. The molecule has 1 N–H and O–H groups in total. The first kappa shape index (κ1) is 20.4. The van der Waals surface area contributed by atoms with Gasteiger partial charge in [0.1, 0.15) is 0 Å². The molecular formula is C22H38N2O. The van der Waals surface area contributed by atoms with E-state index in [1.807, 2.05) is 6.07 Å². The highest BCUT2D eigenvalue weighted by Crippen LogP contribution is 2.51. The molecule has 142 valence electrons. The zero-order valence-electron chi connectivity index (χ0n) is 17.1. The van der Waals surface area contributed by atoms with Crippen molar-refractivity contribution in [2.45, 2.75) is 71.6 Å². The van der Waals surface area contributed by atoms with Crippen LogP contribution in [0.15, 0.2) is 30.3 Å². The fraction of sp³-hybridized carbons (Fsp3) is 0.727. The molecule has 2 rings (SSSR count). The number of hydrogen-bond acceptors (Lipinski definition) is 3. The van der Waals surface area contributed by atoms with Gasteiger partial charge in [0, 0.05) is 24.0 Å². The summed E-state index contributed by atoms with van der Waals surface area (Å²) in [6.45, 7) is 14.4. The second-order valence-corrected chi connectivity index (χ2v) is 8.32. The minimum Gasteiger partial charge on any atom is -0.384 e. The maximum atomic E-state index is 12.1. The Morgan fingerprint density at radius 1 is 1.20 bits per heavy atom. The zero-order valence-corrected chi connectivity index (χ0v) is 17.1. The molecular weight excluding hydrogens is 308 g/mol. The second-order valence-electron chi connectivity index (χ2n) is 8.32. The quantitative estimate of drug-likeness (QED) is 0.805. The van der Waals surface area contributed by atoms with Crippen LogP contribution in [-0.4, -0.2) is 53.7 Å². The molecule has 0 bridgehead atoms. The Labute approximate surface area is 155 Å². The van der Waals surface area contributed by atoms with Crippen LogP contribution in [0.1, 0.15) is 59.4 Å². The summed E-state index contributed by atoms with van der Waals surface area (Å²) in [5.74, 6) is 0. The molecule has 4 atom stereocenters. The van der Waals surface area contributed by atoms with Crippen LogP contribution in [-0.2, 0) is 5.60 Å². The summed E-state index contributed by atoms with van der Waals surface area (Å²) in [5.41, 5.74) is 0.0384. The summed E-state index contributed by atoms with van der Waals surface area (Å²) < 4.78 is 0. The summed E-state index contributed by atoms with van der Waals surface area (Å²) in [4.78, 5) is 5.00. The predicted octanol–water partition coefficient (Wildman–Crippen LogP) is 4.12. The number of rotatable bonds is 7. The minimum absolute atomic E-state index is 0.222. The molecule has 4 unspecified atom stereocenters. The lowest BCUT2D eigenvalue weighted by Crippen LogP contribution is -2.65. The molecule has 1 fully saturated rings. The van der Waals surface area contributed by atoms with Crippen molar-refractivity contribution in [1.82, 2.24) is 9.80 Å². The van der Waals surface area contributed by atoms with Gasteiger partial charge in [-0.2, -0.15) is 0 Å². The van der Waals surface area contributed by atoms with Gasteiger partial charge >= 0.3 is 0 Å². The van der Waals surface area contributed by atoms with Crippen molar-refractivity contribution in [2.75, 3.05) is 26.7 Å². The molecule has 0 aliphatic carbocycles. The molecule has 1 saturated heterocycles. The third-order valence-electron chi connectivity index (χ3n) is 6.61. The van der Waals surface area contributed by atoms with Gasteiger partial charge < -0.3 is 10.0 Å². The molecule has 0 amide bonds. The smallest absolute Gasteiger partial charge is 0.0991 e. The van der Waals surface area contributed by atoms with Crippen molar-refractivity contribution >= 4 is 0 Å². The zero-order chi connectivity index (χ0) is 18.7. The van der Waals surface area contributed by atoms with Crippen molar-refractivity contribution in [3.05, 3.63) is 35.9 Å². The van der Waals surface area contributed by atoms with E-state index >= 15 is 0 Å². The normalized spacial score (nSPS) is 32.1. The first-order chi connectivity index (χ1) is 11.8. The van der Waals surface area contributed by atoms with Crippen LogP contribution in [0.25, 0.3) is 0 Å². The maximum absolute atomic E-state index is 12.1. The van der Waals surface area contributed by atoms with Crippen LogP contribution in [0.2, 0.25) is 0 Å². The lowest BCUT2D eigenvalue weighted by molar-refractivity contribution is -0.174. The lowest BCUT2D eigenvalue weighted by atomic mass is 9.60. The van der Waals surface area contributed by atoms with Gasteiger partial charge in [-0.3, -0.25) is 4.90 Å². The van der Waals surface area contributed by atoms with Crippen molar-refractivity contribution in [3.8, 4) is 0 Å². The molecule has 0 aromatic heterocycles. The first-order valence-electron chi connectivity index (χ1n) is 10.0. The molecule has 1 aliphatic heterocycles. The monoisotopic (exact) mass is 346 g/mol. The topological polar surface area (TPSA) is 26.7 Å². The van der Waals surface area contributed by atoms with Crippen LogP contribution < -0.4 is 0 Å². The SMILES string of the molecule is CCCN(CCC)C(C)C1(C)CN(C)C(C)CC1(O)c1ccccc1. The van der Waals surface area contributed by atoms with E-state index in [2.05, 4.69) is 75.7 Å². The highest BCUT2D eigenvalue weighted by molar-refractivity contribution is 5.28. The van der Waals surface area contributed by atoms with Crippen molar-refractivity contribution in [2.24, 2.45) is 5.41 Å². The number of aliphatic hydroxyl groups is 1. The number of likely N-dealkylation sites (tertiary alicyclic amines) is 1. The summed E-state index contributed by atoms with van der Waals surface area (Å²) in [5, 5.41) is 12.1. The Hall–Kier alpha value is -0.900. The second kappa shape index (κ2) is 8.20. The molecule has 0 saturated carbocycles. The highest BCUT2D eigenvalue weighted by atomic mass is 16.3. The van der Waals surface area contributed by atoms with Gasteiger partial charge in [0.2, 0.25) is 0 Å².